The van der Waals surface area contributed by atoms with Crippen LogP contribution in [0.25, 0.3) is 0 Å². The highest BCUT2D eigenvalue weighted by Crippen LogP contribution is 2.23. The van der Waals surface area contributed by atoms with E-state index >= 15 is 0 Å². The minimum absolute atomic E-state index is 0.0289. The Kier molecular flexibility index (Phi) is 7.40. The van der Waals surface area contributed by atoms with Crippen LogP contribution in [0.4, 0.5) is 5.69 Å². The number of esters is 2. The molecule has 2 unspecified atom stereocenters. The standard InChI is InChI=1S/C22H20N2O8/c1-14(25)32-18(20(26)23-29)19-21(27)24(11-12-30-19)17-9-7-16(8-10-17)22(28)31-13-15-5-3-2-4-6-15/h2-10,18-19H,11-13H2,1H3. The van der Waals surface area contributed by atoms with Crippen molar-refractivity contribution < 1.29 is 33.4 Å². The fraction of sp³-hybridized carbons (Fsp3) is 0.273. The first-order valence-electron chi connectivity index (χ1n) is 9.69. The molecule has 10 heteroatoms. The van der Waals surface area contributed by atoms with Gasteiger partial charge in [-0.1, -0.05) is 30.3 Å². The van der Waals surface area contributed by atoms with Crippen molar-refractivity contribution in [2.24, 2.45) is 5.18 Å². The van der Waals surface area contributed by atoms with Gasteiger partial charge in [-0.25, -0.2) is 4.79 Å². The predicted octanol–water partition coefficient (Wildman–Crippen LogP) is 2.00. The Labute approximate surface area is 183 Å². The van der Waals surface area contributed by atoms with E-state index < -0.39 is 36.0 Å². The number of benzene rings is 2. The van der Waals surface area contributed by atoms with Gasteiger partial charge in [-0.15, -0.1) is 4.91 Å². The molecule has 1 aliphatic heterocycles. The molecule has 1 fully saturated rings. The van der Waals surface area contributed by atoms with Gasteiger partial charge in [0.15, 0.2) is 6.10 Å². The number of carbonyl (C=O) groups excluding carboxylic acids is 4. The van der Waals surface area contributed by atoms with Gasteiger partial charge in [-0.2, -0.15) is 0 Å². The molecular weight excluding hydrogens is 420 g/mol. The van der Waals surface area contributed by atoms with Crippen molar-refractivity contribution in [3.8, 4) is 0 Å². The molecule has 1 aliphatic rings. The second-order valence-corrected chi connectivity index (χ2v) is 6.85. The van der Waals surface area contributed by atoms with E-state index in [1.807, 2.05) is 30.3 Å². The van der Waals surface area contributed by atoms with Gasteiger partial charge < -0.3 is 19.1 Å². The van der Waals surface area contributed by atoms with Gasteiger partial charge in [0, 0.05) is 24.3 Å². The van der Waals surface area contributed by atoms with Crippen molar-refractivity contribution in [2.45, 2.75) is 25.7 Å². The van der Waals surface area contributed by atoms with Crippen LogP contribution >= 0.6 is 0 Å². The molecule has 0 aliphatic carbocycles. The van der Waals surface area contributed by atoms with E-state index in [9.17, 15) is 24.1 Å². The predicted molar refractivity (Wildman–Crippen MR) is 110 cm³/mol. The van der Waals surface area contributed by atoms with E-state index in [1.54, 1.807) is 12.1 Å². The number of hydrogen-bond acceptors (Lipinski definition) is 8. The number of nitroso groups, excluding NO2 is 1. The number of rotatable bonds is 7. The second kappa shape index (κ2) is 10.4. The Bertz CT molecular complexity index is 1010. The highest BCUT2D eigenvalue weighted by molar-refractivity contribution is 6.02. The molecule has 3 rings (SSSR count). The highest BCUT2D eigenvalue weighted by Gasteiger charge is 2.43. The summed E-state index contributed by atoms with van der Waals surface area (Å²) in [6.45, 7) is 1.34. The zero-order valence-electron chi connectivity index (χ0n) is 17.1. The lowest BCUT2D eigenvalue weighted by molar-refractivity contribution is -0.168. The summed E-state index contributed by atoms with van der Waals surface area (Å²) >= 11 is 0. The maximum Gasteiger partial charge on any atom is 0.338 e. The molecule has 2 atom stereocenters. The van der Waals surface area contributed by atoms with Crippen molar-refractivity contribution in [3.05, 3.63) is 70.6 Å². The molecule has 2 aromatic carbocycles. The second-order valence-electron chi connectivity index (χ2n) is 6.85. The zero-order valence-corrected chi connectivity index (χ0v) is 17.1. The van der Waals surface area contributed by atoms with Crippen molar-refractivity contribution in [2.75, 3.05) is 18.1 Å². The molecule has 2 amide bonds. The molecule has 0 aromatic heterocycles. The Hall–Kier alpha value is -3.92. The van der Waals surface area contributed by atoms with Gasteiger partial charge in [0.05, 0.1) is 12.2 Å². The molecule has 0 bridgehead atoms. The lowest BCUT2D eigenvalue weighted by Gasteiger charge is -2.34. The molecule has 0 N–H and O–H groups in total. The molecule has 10 nitrogen and oxygen atoms in total. The Morgan fingerprint density at radius 1 is 1.12 bits per heavy atom. The first-order valence-corrected chi connectivity index (χ1v) is 9.69. The summed E-state index contributed by atoms with van der Waals surface area (Å²) in [6.07, 6.45) is -3.28. The number of hydrogen-bond donors (Lipinski definition) is 0. The molecule has 0 saturated carbocycles. The number of carbonyl (C=O) groups is 4. The maximum absolute atomic E-state index is 12.9. The molecule has 1 heterocycles. The Morgan fingerprint density at radius 2 is 1.81 bits per heavy atom. The minimum Gasteiger partial charge on any atom is -0.457 e. The van der Waals surface area contributed by atoms with Gasteiger partial charge in [-0.05, 0) is 29.8 Å². The monoisotopic (exact) mass is 440 g/mol. The maximum atomic E-state index is 12.9. The van der Waals surface area contributed by atoms with Gasteiger partial charge in [-0.3, -0.25) is 14.4 Å². The quantitative estimate of drug-likeness (QED) is 0.472. The Balaban J connectivity index is 1.69. The van der Waals surface area contributed by atoms with E-state index in [4.69, 9.17) is 14.2 Å². The topological polar surface area (TPSA) is 129 Å². The third-order valence-corrected chi connectivity index (χ3v) is 4.65. The van der Waals surface area contributed by atoms with Crippen molar-refractivity contribution in [3.63, 3.8) is 0 Å². The van der Waals surface area contributed by atoms with Gasteiger partial charge in [0.2, 0.25) is 6.10 Å². The normalized spacial score (nSPS) is 16.7. The molecular formula is C22H20N2O8. The summed E-state index contributed by atoms with van der Waals surface area (Å²) in [6, 6.07) is 15.3. The summed E-state index contributed by atoms with van der Waals surface area (Å²) in [5, 5.41) is 2.25. The average molecular weight is 440 g/mol. The minimum atomic E-state index is -1.77. The molecule has 1 saturated heterocycles. The number of amides is 2. The van der Waals surface area contributed by atoms with Crippen molar-refractivity contribution in [1.82, 2.24) is 0 Å². The summed E-state index contributed by atoms with van der Waals surface area (Å²) in [5.74, 6) is -3.39. The number of nitrogens with zero attached hydrogens (tertiary/aromatic N) is 2. The highest BCUT2D eigenvalue weighted by atomic mass is 16.6. The van der Waals surface area contributed by atoms with Crippen LogP contribution in [0.15, 0.2) is 59.8 Å². The smallest absolute Gasteiger partial charge is 0.338 e. The summed E-state index contributed by atoms with van der Waals surface area (Å²) in [7, 11) is 0. The van der Waals surface area contributed by atoms with Crippen LogP contribution in [0.2, 0.25) is 0 Å². The SMILES string of the molecule is CC(=O)OC(C(=O)N=O)C1OCCN(c2ccc(C(=O)OCc3ccccc3)cc2)C1=O. The fourth-order valence-corrected chi connectivity index (χ4v) is 3.14. The molecule has 0 radical (unpaired) electrons. The van der Waals surface area contributed by atoms with Crippen LogP contribution in [-0.4, -0.2) is 49.1 Å². The molecule has 2 aromatic rings. The van der Waals surface area contributed by atoms with Crippen LogP contribution in [0.1, 0.15) is 22.8 Å². The van der Waals surface area contributed by atoms with E-state index in [2.05, 4.69) is 5.18 Å². The van der Waals surface area contributed by atoms with Crippen LogP contribution in [-0.2, 0) is 35.2 Å². The third kappa shape index (κ3) is 5.41. The number of anilines is 1. The fourth-order valence-electron chi connectivity index (χ4n) is 3.14. The van der Waals surface area contributed by atoms with Crippen molar-refractivity contribution >= 4 is 29.4 Å². The zero-order chi connectivity index (χ0) is 23.1. The van der Waals surface area contributed by atoms with Crippen LogP contribution < -0.4 is 4.90 Å². The Morgan fingerprint density at radius 3 is 2.44 bits per heavy atom. The van der Waals surface area contributed by atoms with E-state index in [-0.39, 0.29) is 19.8 Å². The van der Waals surface area contributed by atoms with Gasteiger partial charge in [0.1, 0.15) is 6.61 Å². The van der Waals surface area contributed by atoms with Crippen molar-refractivity contribution in [1.29, 1.82) is 0 Å². The van der Waals surface area contributed by atoms with Crippen LogP contribution in [0, 0.1) is 4.91 Å². The largest absolute Gasteiger partial charge is 0.457 e. The third-order valence-electron chi connectivity index (χ3n) is 4.65. The lowest BCUT2D eigenvalue weighted by Crippen LogP contribution is -2.55. The van der Waals surface area contributed by atoms with Crippen LogP contribution in [0.5, 0.6) is 0 Å². The summed E-state index contributed by atoms with van der Waals surface area (Å²) in [5.41, 5.74) is 1.57. The van der Waals surface area contributed by atoms with E-state index in [1.165, 1.54) is 17.0 Å². The van der Waals surface area contributed by atoms with Gasteiger partial charge >= 0.3 is 17.8 Å². The van der Waals surface area contributed by atoms with E-state index in [0.29, 0.717) is 11.3 Å². The average Bonchev–Trinajstić information content (AvgIpc) is 2.81. The first kappa shape index (κ1) is 22.8. The van der Waals surface area contributed by atoms with Crippen LogP contribution in [0.3, 0.4) is 0 Å². The number of ether oxygens (including phenoxy) is 3. The molecule has 32 heavy (non-hydrogen) atoms. The first-order chi connectivity index (χ1) is 15.4. The van der Waals surface area contributed by atoms with E-state index in [0.717, 1.165) is 12.5 Å². The molecule has 0 spiro atoms. The lowest BCUT2D eigenvalue weighted by atomic mass is 10.1. The number of morpholine rings is 1. The van der Waals surface area contributed by atoms with Gasteiger partial charge in [0.25, 0.3) is 5.91 Å². The summed E-state index contributed by atoms with van der Waals surface area (Å²) in [4.78, 5) is 60.1. The molecule has 166 valence electrons. The summed E-state index contributed by atoms with van der Waals surface area (Å²) < 4.78 is 15.4.